The van der Waals surface area contributed by atoms with E-state index in [0.29, 0.717) is 5.56 Å². The maximum Gasteiger partial charge on any atom is 0.248 e. The highest BCUT2D eigenvalue weighted by Gasteiger charge is 2.11. The maximum absolute atomic E-state index is 11.1. The van der Waals surface area contributed by atoms with E-state index in [0.717, 1.165) is 30.6 Å². The van der Waals surface area contributed by atoms with Crippen molar-refractivity contribution < 1.29 is 4.79 Å². The van der Waals surface area contributed by atoms with E-state index >= 15 is 0 Å². The number of nitrogens with zero attached hydrogens (tertiary/aromatic N) is 2. The van der Waals surface area contributed by atoms with E-state index in [9.17, 15) is 4.79 Å². The monoisotopic (exact) mass is 271 g/mol. The summed E-state index contributed by atoms with van der Waals surface area (Å²) in [5.74, 6) is -0.389. The third-order valence-electron chi connectivity index (χ3n) is 3.59. The summed E-state index contributed by atoms with van der Waals surface area (Å²) in [6, 6.07) is 7.46. The Morgan fingerprint density at radius 2 is 1.90 bits per heavy atom. The molecule has 1 aromatic carbocycles. The van der Waals surface area contributed by atoms with Crippen LogP contribution >= 0.6 is 0 Å². The van der Waals surface area contributed by atoms with E-state index < -0.39 is 0 Å². The van der Waals surface area contributed by atoms with E-state index in [1.807, 2.05) is 19.1 Å². The summed E-state index contributed by atoms with van der Waals surface area (Å²) in [6.45, 7) is 7.26. The zero-order chi connectivity index (χ0) is 14.7. The molecule has 0 aliphatic heterocycles. The van der Waals surface area contributed by atoms with Gasteiger partial charge >= 0.3 is 0 Å². The van der Waals surface area contributed by atoms with Crippen LogP contribution in [0.5, 0.6) is 0 Å². The lowest BCUT2D eigenvalue weighted by molar-refractivity contribution is 0.100. The molecule has 0 unspecified atom stereocenters. The molecule has 0 saturated carbocycles. The van der Waals surface area contributed by atoms with Gasteiger partial charge in [-0.25, -0.2) is 0 Å². The molecule has 0 radical (unpaired) electrons. The van der Waals surface area contributed by atoms with Gasteiger partial charge in [-0.15, -0.1) is 0 Å². The SMILES string of the molecule is CCCn1nc(C)c(Cc2ccc(C(N)=O)cc2)c1C. The lowest BCUT2D eigenvalue weighted by Gasteiger charge is -2.05. The maximum atomic E-state index is 11.1. The van der Waals surface area contributed by atoms with Crippen molar-refractivity contribution in [1.29, 1.82) is 0 Å². The normalized spacial score (nSPS) is 10.8. The Balaban J connectivity index is 2.23. The lowest BCUT2D eigenvalue weighted by atomic mass is 10.0. The van der Waals surface area contributed by atoms with E-state index in [2.05, 4.69) is 23.6 Å². The molecule has 0 atom stereocenters. The van der Waals surface area contributed by atoms with Gasteiger partial charge in [-0.3, -0.25) is 9.48 Å². The number of hydrogen-bond acceptors (Lipinski definition) is 2. The number of rotatable bonds is 5. The van der Waals surface area contributed by atoms with Gasteiger partial charge in [0.05, 0.1) is 5.69 Å². The Morgan fingerprint density at radius 1 is 1.25 bits per heavy atom. The largest absolute Gasteiger partial charge is 0.366 e. The van der Waals surface area contributed by atoms with Gasteiger partial charge in [-0.05, 0) is 38.0 Å². The second kappa shape index (κ2) is 5.90. The molecular formula is C16H21N3O. The smallest absolute Gasteiger partial charge is 0.248 e. The molecule has 4 heteroatoms. The van der Waals surface area contributed by atoms with Crippen LogP contribution in [0.1, 0.15) is 46.2 Å². The average Bonchev–Trinajstić information content (AvgIpc) is 2.68. The fraction of sp³-hybridized carbons (Fsp3) is 0.375. The zero-order valence-corrected chi connectivity index (χ0v) is 12.3. The second-order valence-electron chi connectivity index (χ2n) is 5.11. The van der Waals surface area contributed by atoms with Crippen LogP contribution in [0, 0.1) is 13.8 Å². The molecule has 0 spiro atoms. The first-order chi connectivity index (χ1) is 9.52. The van der Waals surface area contributed by atoms with Crippen molar-refractivity contribution in [3.05, 3.63) is 52.3 Å². The van der Waals surface area contributed by atoms with Crippen LogP contribution in [0.4, 0.5) is 0 Å². The quantitative estimate of drug-likeness (QED) is 0.908. The third-order valence-corrected chi connectivity index (χ3v) is 3.59. The molecule has 0 aliphatic carbocycles. The summed E-state index contributed by atoms with van der Waals surface area (Å²) in [5, 5.41) is 4.58. The van der Waals surface area contributed by atoms with Gasteiger partial charge in [-0.1, -0.05) is 19.1 Å². The van der Waals surface area contributed by atoms with Gasteiger partial charge in [0.25, 0.3) is 0 Å². The molecule has 1 amide bonds. The number of carbonyl (C=O) groups excluding carboxylic acids is 1. The minimum Gasteiger partial charge on any atom is -0.366 e. The summed E-state index contributed by atoms with van der Waals surface area (Å²) in [6.07, 6.45) is 1.91. The number of aromatic nitrogens is 2. The second-order valence-corrected chi connectivity index (χ2v) is 5.11. The Hall–Kier alpha value is -2.10. The van der Waals surface area contributed by atoms with E-state index in [4.69, 9.17) is 5.73 Å². The van der Waals surface area contributed by atoms with Crippen molar-refractivity contribution in [2.24, 2.45) is 5.73 Å². The number of nitrogens with two attached hydrogens (primary N) is 1. The first kappa shape index (κ1) is 14.3. The molecule has 1 heterocycles. The van der Waals surface area contributed by atoms with Crippen LogP contribution in [0.25, 0.3) is 0 Å². The Labute approximate surface area is 119 Å². The van der Waals surface area contributed by atoms with Crippen molar-refractivity contribution in [3.8, 4) is 0 Å². The molecule has 0 bridgehead atoms. The van der Waals surface area contributed by atoms with Gasteiger partial charge in [0.15, 0.2) is 0 Å². The van der Waals surface area contributed by atoms with Crippen LogP contribution in [0.2, 0.25) is 0 Å². The summed E-state index contributed by atoms with van der Waals surface area (Å²) in [4.78, 5) is 11.1. The van der Waals surface area contributed by atoms with Crippen LogP contribution in [-0.4, -0.2) is 15.7 Å². The summed E-state index contributed by atoms with van der Waals surface area (Å²) < 4.78 is 2.07. The number of amides is 1. The highest BCUT2D eigenvalue weighted by atomic mass is 16.1. The van der Waals surface area contributed by atoms with E-state index in [1.54, 1.807) is 12.1 Å². The van der Waals surface area contributed by atoms with Crippen molar-refractivity contribution >= 4 is 5.91 Å². The van der Waals surface area contributed by atoms with Gasteiger partial charge < -0.3 is 5.73 Å². The van der Waals surface area contributed by atoms with E-state index in [1.165, 1.54) is 11.3 Å². The number of aryl methyl sites for hydroxylation is 2. The van der Waals surface area contributed by atoms with Gasteiger partial charge in [0, 0.05) is 29.8 Å². The lowest BCUT2D eigenvalue weighted by Crippen LogP contribution is -2.10. The van der Waals surface area contributed by atoms with Crippen LogP contribution in [-0.2, 0) is 13.0 Å². The molecule has 4 nitrogen and oxygen atoms in total. The average molecular weight is 271 g/mol. The number of primary amides is 1. The standard InChI is InChI=1S/C16H21N3O/c1-4-9-19-12(3)15(11(2)18-19)10-13-5-7-14(8-6-13)16(17)20/h5-8H,4,9-10H2,1-3H3,(H2,17,20). The van der Waals surface area contributed by atoms with Crippen molar-refractivity contribution in [2.75, 3.05) is 0 Å². The number of carbonyl (C=O) groups is 1. The number of hydrogen-bond donors (Lipinski definition) is 1. The van der Waals surface area contributed by atoms with Crippen LogP contribution in [0.3, 0.4) is 0 Å². The van der Waals surface area contributed by atoms with Crippen LogP contribution < -0.4 is 5.73 Å². The minimum atomic E-state index is -0.389. The van der Waals surface area contributed by atoms with Crippen molar-refractivity contribution in [1.82, 2.24) is 9.78 Å². The summed E-state index contributed by atoms with van der Waals surface area (Å²) >= 11 is 0. The Kier molecular flexibility index (Phi) is 4.23. The summed E-state index contributed by atoms with van der Waals surface area (Å²) in [7, 11) is 0. The Morgan fingerprint density at radius 3 is 2.45 bits per heavy atom. The van der Waals surface area contributed by atoms with Crippen LogP contribution in [0.15, 0.2) is 24.3 Å². The molecule has 0 saturated heterocycles. The minimum absolute atomic E-state index is 0.389. The zero-order valence-electron chi connectivity index (χ0n) is 12.3. The van der Waals surface area contributed by atoms with Gasteiger partial charge in [-0.2, -0.15) is 5.10 Å². The molecule has 106 valence electrons. The third kappa shape index (κ3) is 2.90. The topological polar surface area (TPSA) is 60.9 Å². The predicted octanol–water partition coefficient (Wildman–Crippen LogP) is 2.60. The first-order valence-corrected chi connectivity index (χ1v) is 6.94. The fourth-order valence-corrected chi connectivity index (χ4v) is 2.41. The van der Waals surface area contributed by atoms with Gasteiger partial charge in [0.2, 0.25) is 5.91 Å². The highest BCUT2D eigenvalue weighted by Crippen LogP contribution is 2.18. The molecule has 2 N–H and O–H groups in total. The molecule has 20 heavy (non-hydrogen) atoms. The molecular weight excluding hydrogens is 250 g/mol. The number of benzene rings is 1. The molecule has 1 aromatic heterocycles. The highest BCUT2D eigenvalue weighted by molar-refractivity contribution is 5.92. The first-order valence-electron chi connectivity index (χ1n) is 6.94. The van der Waals surface area contributed by atoms with Crippen molar-refractivity contribution in [2.45, 2.75) is 40.2 Å². The van der Waals surface area contributed by atoms with Gasteiger partial charge in [0.1, 0.15) is 0 Å². The molecule has 0 fully saturated rings. The fourth-order valence-electron chi connectivity index (χ4n) is 2.41. The predicted molar refractivity (Wildman–Crippen MR) is 79.8 cm³/mol. The van der Waals surface area contributed by atoms with E-state index in [-0.39, 0.29) is 5.91 Å². The summed E-state index contributed by atoms with van der Waals surface area (Å²) in [5.41, 5.74) is 10.5. The van der Waals surface area contributed by atoms with Crippen molar-refractivity contribution in [3.63, 3.8) is 0 Å². The molecule has 0 aliphatic rings. The molecule has 2 rings (SSSR count). The Bertz CT molecular complexity index is 611. The molecule has 2 aromatic rings.